The highest BCUT2D eigenvalue weighted by Crippen LogP contribution is 2.31. The average Bonchev–Trinajstić information content (AvgIpc) is 2.69. The van der Waals surface area contributed by atoms with Crippen molar-refractivity contribution in [3.05, 3.63) is 41.5 Å². The first-order chi connectivity index (χ1) is 8.20. The fourth-order valence-electron chi connectivity index (χ4n) is 1.61. The molecule has 3 nitrogen and oxygen atoms in total. The van der Waals surface area contributed by atoms with Gasteiger partial charge in [0.05, 0.1) is 11.2 Å². The number of furan rings is 1. The van der Waals surface area contributed by atoms with Gasteiger partial charge in [0, 0.05) is 6.20 Å². The van der Waals surface area contributed by atoms with Gasteiger partial charge in [0.25, 0.3) is 0 Å². The van der Waals surface area contributed by atoms with Crippen molar-refractivity contribution < 1.29 is 4.42 Å². The van der Waals surface area contributed by atoms with E-state index in [1.165, 1.54) is 11.1 Å². The van der Waals surface area contributed by atoms with Gasteiger partial charge in [-0.1, -0.05) is 17.8 Å². The first kappa shape index (κ1) is 12.2. The summed E-state index contributed by atoms with van der Waals surface area (Å²) in [5, 5.41) is 1.02. The molecule has 0 saturated carbocycles. The Kier molecular flexibility index (Phi) is 3.86. The van der Waals surface area contributed by atoms with Crippen molar-refractivity contribution in [1.29, 1.82) is 0 Å². The van der Waals surface area contributed by atoms with Gasteiger partial charge in [-0.05, 0) is 44.0 Å². The largest absolute Gasteiger partial charge is 0.468 e. The van der Waals surface area contributed by atoms with E-state index in [1.807, 2.05) is 19.2 Å². The lowest BCUT2D eigenvalue weighted by Crippen LogP contribution is -2.03. The maximum Gasteiger partial charge on any atom is 0.114 e. The van der Waals surface area contributed by atoms with E-state index in [0.717, 1.165) is 22.1 Å². The quantitative estimate of drug-likeness (QED) is 0.903. The summed E-state index contributed by atoms with van der Waals surface area (Å²) in [6, 6.07) is 4.12. The first-order valence-corrected chi connectivity index (χ1v) is 6.40. The van der Waals surface area contributed by atoms with Crippen LogP contribution in [0.3, 0.4) is 0 Å². The van der Waals surface area contributed by atoms with Crippen molar-refractivity contribution in [2.45, 2.75) is 30.2 Å². The van der Waals surface area contributed by atoms with Crippen LogP contribution in [0.5, 0.6) is 0 Å². The van der Waals surface area contributed by atoms with Crippen LogP contribution in [0.15, 0.2) is 38.9 Å². The maximum atomic E-state index is 5.53. The Morgan fingerprint density at radius 2 is 2.24 bits per heavy atom. The van der Waals surface area contributed by atoms with Crippen molar-refractivity contribution in [1.82, 2.24) is 4.98 Å². The molecule has 0 radical (unpaired) electrons. The van der Waals surface area contributed by atoms with Crippen LogP contribution < -0.4 is 5.73 Å². The molecule has 17 heavy (non-hydrogen) atoms. The Hall–Kier alpha value is -1.26. The molecule has 0 spiro atoms. The summed E-state index contributed by atoms with van der Waals surface area (Å²) in [6.45, 7) is 4.69. The monoisotopic (exact) mass is 248 g/mol. The maximum absolute atomic E-state index is 5.53. The molecule has 0 saturated heterocycles. The van der Waals surface area contributed by atoms with E-state index in [4.69, 9.17) is 10.2 Å². The van der Waals surface area contributed by atoms with E-state index in [1.54, 1.807) is 18.0 Å². The standard InChI is InChI=1S/C13H16N2OS/c1-9-7-11(3-5-14)8-15-13(9)17-12-4-6-16-10(12)2/h4,6-8H,3,5,14H2,1-2H3. The van der Waals surface area contributed by atoms with Crippen molar-refractivity contribution in [3.63, 3.8) is 0 Å². The summed E-state index contributed by atoms with van der Waals surface area (Å²) in [4.78, 5) is 5.60. The van der Waals surface area contributed by atoms with Gasteiger partial charge in [-0.3, -0.25) is 0 Å². The molecular weight excluding hydrogens is 232 g/mol. The third-order valence-corrected chi connectivity index (χ3v) is 3.80. The predicted molar refractivity (Wildman–Crippen MR) is 69.3 cm³/mol. The molecule has 4 heteroatoms. The Morgan fingerprint density at radius 3 is 2.82 bits per heavy atom. The second-order valence-electron chi connectivity index (χ2n) is 3.95. The van der Waals surface area contributed by atoms with Crippen LogP contribution in [0.1, 0.15) is 16.9 Å². The molecule has 0 bridgehead atoms. The number of pyridine rings is 1. The van der Waals surface area contributed by atoms with Crippen molar-refractivity contribution in [2.24, 2.45) is 5.73 Å². The number of hydrogen-bond acceptors (Lipinski definition) is 4. The van der Waals surface area contributed by atoms with Gasteiger partial charge in [0.2, 0.25) is 0 Å². The van der Waals surface area contributed by atoms with Gasteiger partial charge >= 0.3 is 0 Å². The van der Waals surface area contributed by atoms with Gasteiger partial charge in [-0.25, -0.2) is 4.98 Å². The lowest BCUT2D eigenvalue weighted by molar-refractivity contribution is 0.527. The Labute approximate surface area is 105 Å². The van der Waals surface area contributed by atoms with Crippen molar-refractivity contribution >= 4 is 11.8 Å². The van der Waals surface area contributed by atoms with Gasteiger partial charge in [-0.2, -0.15) is 0 Å². The van der Waals surface area contributed by atoms with E-state index in [0.29, 0.717) is 6.54 Å². The molecule has 2 rings (SSSR count). The minimum Gasteiger partial charge on any atom is -0.468 e. The fourth-order valence-corrected chi connectivity index (χ4v) is 2.46. The number of aryl methyl sites for hydroxylation is 2. The van der Waals surface area contributed by atoms with Crippen LogP contribution in [0.2, 0.25) is 0 Å². The number of aromatic nitrogens is 1. The summed E-state index contributed by atoms with van der Waals surface area (Å²) < 4.78 is 5.27. The van der Waals surface area contributed by atoms with Gasteiger partial charge in [0.1, 0.15) is 10.8 Å². The highest BCUT2D eigenvalue weighted by molar-refractivity contribution is 7.99. The molecule has 2 heterocycles. The van der Waals surface area contributed by atoms with Gasteiger partial charge < -0.3 is 10.2 Å². The number of nitrogens with zero attached hydrogens (tertiary/aromatic N) is 1. The number of hydrogen-bond donors (Lipinski definition) is 1. The Balaban J connectivity index is 2.19. The third kappa shape index (κ3) is 2.90. The molecule has 0 aliphatic heterocycles. The van der Waals surface area contributed by atoms with E-state index in [2.05, 4.69) is 18.0 Å². The molecule has 0 aliphatic rings. The van der Waals surface area contributed by atoms with E-state index in [9.17, 15) is 0 Å². The smallest absolute Gasteiger partial charge is 0.114 e. The van der Waals surface area contributed by atoms with Crippen molar-refractivity contribution in [3.8, 4) is 0 Å². The molecule has 2 N–H and O–H groups in total. The van der Waals surface area contributed by atoms with Crippen LogP contribution in [-0.4, -0.2) is 11.5 Å². The lowest BCUT2D eigenvalue weighted by Gasteiger charge is -2.06. The first-order valence-electron chi connectivity index (χ1n) is 5.58. The van der Waals surface area contributed by atoms with Crippen molar-refractivity contribution in [2.75, 3.05) is 6.54 Å². The van der Waals surface area contributed by atoms with E-state index < -0.39 is 0 Å². The predicted octanol–water partition coefficient (Wildman–Crippen LogP) is 2.94. The summed E-state index contributed by atoms with van der Waals surface area (Å²) >= 11 is 1.64. The van der Waals surface area contributed by atoms with E-state index in [-0.39, 0.29) is 0 Å². The molecule has 0 unspecified atom stereocenters. The lowest BCUT2D eigenvalue weighted by atomic mass is 10.2. The zero-order valence-corrected chi connectivity index (χ0v) is 10.9. The molecule has 0 atom stereocenters. The zero-order chi connectivity index (χ0) is 12.3. The third-order valence-electron chi connectivity index (χ3n) is 2.54. The molecule has 2 aromatic heterocycles. The average molecular weight is 248 g/mol. The molecule has 0 amide bonds. The minimum absolute atomic E-state index is 0.661. The highest BCUT2D eigenvalue weighted by atomic mass is 32.2. The second-order valence-corrected chi connectivity index (χ2v) is 4.98. The highest BCUT2D eigenvalue weighted by Gasteiger charge is 2.07. The molecule has 2 aromatic rings. The second kappa shape index (κ2) is 5.38. The number of nitrogens with two attached hydrogens (primary N) is 1. The summed E-state index contributed by atoms with van der Waals surface area (Å²) in [7, 11) is 0. The number of rotatable bonds is 4. The van der Waals surface area contributed by atoms with Gasteiger partial charge in [0.15, 0.2) is 0 Å². The molecule has 0 aromatic carbocycles. The van der Waals surface area contributed by atoms with Crippen LogP contribution >= 0.6 is 11.8 Å². The SMILES string of the molecule is Cc1cc(CCN)cnc1Sc1ccoc1C. The Morgan fingerprint density at radius 1 is 1.41 bits per heavy atom. The van der Waals surface area contributed by atoms with Gasteiger partial charge in [-0.15, -0.1) is 0 Å². The van der Waals surface area contributed by atoms with Crippen LogP contribution in [0.4, 0.5) is 0 Å². The van der Waals surface area contributed by atoms with E-state index >= 15 is 0 Å². The molecule has 0 aliphatic carbocycles. The van der Waals surface area contributed by atoms with Crippen LogP contribution in [0.25, 0.3) is 0 Å². The minimum atomic E-state index is 0.661. The molecule has 0 fully saturated rings. The summed E-state index contributed by atoms with van der Waals surface area (Å²) in [5.74, 6) is 0.933. The Bertz CT molecular complexity index is 508. The fraction of sp³-hybridized carbons (Fsp3) is 0.308. The molecular formula is C13H16N2OS. The van der Waals surface area contributed by atoms with Crippen LogP contribution in [0, 0.1) is 13.8 Å². The zero-order valence-electron chi connectivity index (χ0n) is 10.1. The summed E-state index contributed by atoms with van der Waals surface area (Å²) in [6.07, 6.45) is 4.48. The van der Waals surface area contributed by atoms with Crippen LogP contribution in [-0.2, 0) is 6.42 Å². The normalized spacial score (nSPS) is 10.8. The topological polar surface area (TPSA) is 52.0 Å². The summed E-state index contributed by atoms with van der Waals surface area (Å²) in [5.41, 5.74) is 7.91. The molecule has 90 valence electrons.